The number of rotatable bonds is 3. The van der Waals surface area contributed by atoms with Crippen LogP contribution in [0.2, 0.25) is 0 Å². The number of amides is 2. The molecule has 124 valence electrons. The number of fused-ring (bicyclic) bond motifs is 2. The largest absolute Gasteiger partial charge is 0.331 e. The summed E-state index contributed by atoms with van der Waals surface area (Å²) in [7, 11) is 0. The first kappa shape index (κ1) is 15.2. The minimum atomic E-state index is -0.152. The Bertz CT molecular complexity index is 882. The Balaban J connectivity index is 1.49. The number of hydrogen-bond donors (Lipinski definition) is 2. The number of carbonyl (C=O) groups excluding carboxylic acids is 1. The number of hydrogen-bond acceptors (Lipinski definition) is 3. The fourth-order valence-corrected chi connectivity index (χ4v) is 4.35. The Labute approximate surface area is 144 Å². The second kappa shape index (κ2) is 6.28. The van der Waals surface area contributed by atoms with Gasteiger partial charge in [0.25, 0.3) is 0 Å². The van der Waals surface area contributed by atoms with Crippen molar-refractivity contribution in [2.75, 3.05) is 5.32 Å². The van der Waals surface area contributed by atoms with Crippen LogP contribution in [0.15, 0.2) is 35.8 Å². The monoisotopic (exact) mass is 340 g/mol. The van der Waals surface area contributed by atoms with E-state index in [-0.39, 0.29) is 12.1 Å². The second-order valence-corrected chi connectivity index (χ2v) is 7.08. The van der Waals surface area contributed by atoms with Crippen LogP contribution in [-0.4, -0.2) is 15.8 Å². The van der Waals surface area contributed by atoms with Gasteiger partial charge in [-0.1, -0.05) is 0 Å². The Morgan fingerprint density at radius 1 is 1.42 bits per heavy atom. The van der Waals surface area contributed by atoms with Crippen LogP contribution in [-0.2, 0) is 13.0 Å². The SMILES string of the molecule is CCn1ncc2ccc(NC(=O)NC3CCCc4sccc43)cc21. The van der Waals surface area contributed by atoms with E-state index in [4.69, 9.17) is 0 Å². The van der Waals surface area contributed by atoms with Gasteiger partial charge in [0.1, 0.15) is 0 Å². The average Bonchev–Trinajstić information content (AvgIpc) is 3.21. The van der Waals surface area contributed by atoms with Crippen LogP contribution in [0, 0.1) is 0 Å². The van der Waals surface area contributed by atoms with E-state index in [9.17, 15) is 4.79 Å². The van der Waals surface area contributed by atoms with Crippen molar-refractivity contribution in [1.29, 1.82) is 0 Å². The van der Waals surface area contributed by atoms with Gasteiger partial charge in [-0.05, 0) is 61.4 Å². The summed E-state index contributed by atoms with van der Waals surface area (Å²) in [4.78, 5) is 13.8. The van der Waals surface area contributed by atoms with Crippen molar-refractivity contribution in [1.82, 2.24) is 15.1 Å². The van der Waals surface area contributed by atoms with Gasteiger partial charge in [-0.3, -0.25) is 4.68 Å². The summed E-state index contributed by atoms with van der Waals surface area (Å²) < 4.78 is 1.93. The Morgan fingerprint density at radius 3 is 3.21 bits per heavy atom. The van der Waals surface area contributed by atoms with E-state index in [0.29, 0.717) is 0 Å². The van der Waals surface area contributed by atoms with Crippen molar-refractivity contribution in [3.05, 3.63) is 46.3 Å². The molecule has 2 amide bonds. The topological polar surface area (TPSA) is 59.0 Å². The first-order valence-corrected chi connectivity index (χ1v) is 9.22. The number of carbonyl (C=O) groups is 1. The van der Waals surface area contributed by atoms with Gasteiger partial charge in [-0.25, -0.2) is 4.79 Å². The van der Waals surface area contributed by atoms with Crippen LogP contribution < -0.4 is 10.6 Å². The molecule has 24 heavy (non-hydrogen) atoms. The zero-order valence-corrected chi connectivity index (χ0v) is 14.4. The molecule has 0 radical (unpaired) electrons. The molecule has 1 unspecified atom stereocenters. The maximum absolute atomic E-state index is 12.4. The Kier molecular flexibility index (Phi) is 3.98. The number of urea groups is 1. The first-order chi connectivity index (χ1) is 11.7. The number of thiophene rings is 1. The minimum absolute atomic E-state index is 0.116. The third kappa shape index (κ3) is 2.78. The van der Waals surface area contributed by atoms with Crippen molar-refractivity contribution in [2.24, 2.45) is 0 Å². The van der Waals surface area contributed by atoms with Gasteiger partial charge < -0.3 is 10.6 Å². The quantitative estimate of drug-likeness (QED) is 0.746. The summed E-state index contributed by atoms with van der Waals surface area (Å²) in [5.74, 6) is 0. The summed E-state index contributed by atoms with van der Waals surface area (Å²) in [5, 5.41) is 13.6. The molecule has 1 atom stereocenters. The summed E-state index contributed by atoms with van der Waals surface area (Å²) in [6.07, 6.45) is 5.10. The smallest absolute Gasteiger partial charge is 0.319 e. The minimum Gasteiger partial charge on any atom is -0.331 e. The molecule has 4 rings (SSSR count). The van der Waals surface area contributed by atoms with Gasteiger partial charge in [0.15, 0.2) is 0 Å². The van der Waals surface area contributed by atoms with Gasteiger partial charge >= 0.3 is 6.03 Å². The maximum Gasteiger partial charge on any atom is 0.319 e. The van der Waals surface area contributed by atoms with Gasteiger partial charge in [-0.2, -0.15) is 5.10 Å². The zero-order valence-electron chi connectivity index (χ0n) is 13.6. The highest BCUT2D eigenvalue weighted by molar-refractivity contribution is 7.10. The van der Waals surface area contributed by atoms with Crippen LogP contribution in [0.4, 0.5) is 10.5 Å². The Hall–Kier alpha value is -2.34. The molecule has 2 aromatic heterocycles. The van der Waals surface area contributed by atoms with Crippen LogP contribution >= 0.6 is 11.3 Å². The van der Waals surface area contributed by atoms with Gasteiger partial charge in [-0.15, -0.1) is 11.3 Å². The van der Waals surface area contributed by atoms with Crippen molar-refractivity contribution < 1.29 is 4.79 Å². The standard InChI is InChI=1S/C18H20N4OS/c1-2-22-16-10-13(7-6-12(16)11-19-22)20-18(23)21-15-4-3-5-17-14(15)8-9-24-17/h6-11,15H,2-5H2,1H3,(H2,20,21,23). The van der Waals surface area contributed by atoms with Gasteiger partial charge in [0, 0.05) is 22.5 Å². The van der Waals surface area contributed by atoms with E-state index >= 15 is 0 Å². The third-order valence-corrected chi connectivity index (χ3v) is 5.56. The molecule has 0 saturated carbocycles. The van der Waals surface area contributed by atoms with E-state index in [0.717, 1.165) is 42.4 Å². The van der Waals surface area contributed by atoms with Crippen LogP contribution in [0.5, 0.6) is 0 Å². The lowest BCUT2D eigenvalue weighted by Gasteiger charge is -2.23. The zero-order chi connectivity index (χ0) is 16.5. The molecule has 2 heterocycles. The van der Waals surface area contributed by atoms with E-state index in [2.05, 4.69) is 34.1 Å². The highest BCUT2D eigenvalue weighted by atomic mass is 32.1. The number of aryl methyl sites for hydroxylation is 2. The molecule has 0 spiro atoms. The normalized spacial score (nSPS) is 16.8. The van der Waals surface area contributed by atoms with E-state index in [1.165, 1.54) is 10.4 Å². The average molecular weight is 340 g/mol. The molecule has 1 aromatic carbocycles. The van der Waals surface area contributed by atoms with E-state index < -0.39 is 0 Å². The number of nitrogens with zero attached hydrogens (tertiary/aromatic N) is 2. The van der Waals surface area contributed by atoms with Crippen molar-refractivity contribution in [3.63, 3.8) is 0 Å². The summed E-state index contributed by atoms with van der Waals surface area (Å²) >= 11 is 1.79. The molecule has 3 aromatic rings. The predicted octanol–water partition coefficient (Wildman–Crippen LogP) is 4.32. The maximum atomic E-state index is 12.4. The number of aromatic nitrogens is 2. The molecule has 2 N–H and O–H groups in total. The predicted molar refractivity (Wildman–Crippen MR) is 97.6 cm³/mol. The molecule has 0 fully saturated rings. The highest BCUT2D eigenvalue weighted by Crippen LogP contribution is 2.33. The molecule has 0 bridgehead atoms. The number of benzene rings is 1. The lowest BCUT2D eigenvalue weighted by atomic mass is 9.94. The summed E-state index contributed by atoms with van der Waals surface area (Å²) in [5.41, 5.74) is 3.10. The highest BCUT2D eigenvalue weighted by Gasteiger charge is 2.22. The molecular weight excluding hydrogens is 320 g/mol. The lowest BCUT2D eigenvalue weighted by Crippen LogP contribution is -2.33. The van der Waals surface area contributed by atoms with Crippen molar-refractivity contribution in [2.45, 2.75) is 38.8 Å². The number of nitrogens with one attached hydrogen (secondary N) is 2. The number of anilines is 1. The van der Waals surface area contributed by atoms with Crippen LogP contribution in [0.3, 0.4) is 0 Å². The molecular formula is C18H20N4OS. The fourth-order valence-electron chi connectivity index (χ4n) is 3.36. The van der Waals surface area contributed by atoms with E-state index in [1.807, 2.05) is 29.1 Å². The lowest BCUT2D eigenvalue weighted by molar-refractivity contribution is 0.247. The van der Waals surface area contributed by atoms with Crippen molar-refractivity contribution >= 4 is 34.0 Å². The molecule has 1 aliphatic rings. The van der Waals surface area contributed by atoms with Crippen molar-refractivity contribution in [3.8, 4) is 0 Å². The summed E-state index contributed by atoms with van der Waals surface area (Å²) in [6.45, 7) is 2.86. The fraction of sp³-hybridized carbons (Fsp3) is 0.333. The summed E-state index contributed by atoms with van der Waals surface area (Å²) in [6, 6.07) is 7.98. The van der Waals surface area contributed by atoms with Crippen LogP contribution in [0.25, 0.3) is 10.9 Å². The molecule has 0 saturated heterocycles. The Morgan fingerprint density at radius 2 is 2.33 bits per heavy atom. The third-order valence-electron chi connectivity index (χ3n) is 4.56. The second-order valence-electron chi connectivity index (χ2n) is 6.08. The van der Waals surface area contributed by atoms with Crippen LogP contribution in [0.1, 0.15) is 36.2 Å². The molecule has 1 aliphatic carbocycles. The molecule has 6 heteroatoms. The van der Waals surface area contributed by atoms with Gasteiger partial charge in [0.2, 0.25) is 0 Å². The van der Waals surface area contributed by atoms with E-state index in [1.54, 1.807) is 11.3 Å². The van der Waals surface area contributed by atoms with Gasteiger partial charge in [0.05, 0.1) is 17.8 Å². The first-order valence-electron chi connectivity index (χ1n) is 8.34. The molecule has 0 aliphatic heterocycles. The molecule has 5 nitrogen and oxygen atoms in total.